The van der Waals surface area contributed by atoms with Gasteiger partial charge in [0.15, 0.2) is 0 Å². The number of amides is 1. The van der Waals surface area contributed by atoms with Crippen LogP contribution in [-0.4, -0.2) is 45.2 Å². The van der Waals surface area contributed by atoms with Crippen LogP contribution in [0.5, 0.6) is 0 Å². The molecule has 1 amide bonds. The van der Waals surface area contributed by atoms with Crippen molar-refractivity contribution in [3.05, 3.63) is 17.7 Å². The van der Waals surface area contributed by atoms with Crippen molar-refractivity contribution in [1.82, 2.24) is 14.5 Å². The molecule has 0 aromatic carbocycles. The maximum Gasteiger partial charge on any atom is 0.226 e. The summed E-state index contributed by atoms with van der Waals surface area (Å²) >= 11 is 0. The molecule has 1 aromatic rings. The van der Waals surface area contributed by atoms with Gasteiger partial charge in [-0.2, -0.15) is 0 Å². The fourth-order valence-corrected chi connectivity index (χ4v) is 3.92. The van der Waals surface area contributed by atoms with Crippen LogP contribution in [-0.2, 0) is 17.8 Å². The maximum absolute atomic E-state index is 12.8. The van der Waals surface area contributed by atoms with E-state index in [1.807, 2.05) is 18.0 Å². The fourth-order valence-electron chi connectivity index (χ4n) is 3.92. The molecule has 3 rings (SSSR count). The molecule has 0 radical (unpaired) electrons. The van der Waals surface area contributed by atoms with Gasteiger partial charge in [0, 0.05) is 50.5 Å². The lowest BCUT2D eigenvalue weighted by Crippen LogP contribution is -2.47. The van der Waals surface area contributed by atoms with Gasteiger partial charge < -0.3 is 14.6 Å². The Bertz CT molecular complexity index is 538. The number of nitrogens with zero attached hydrogens (tertiary/aromatic N) is 3. The van der Waals surface area contributed by atoms with Gasteiger partial charge in [-0.05, 0) is 38.0 Å². The minimum atomic E-state index is 0.0408. The van der Waals surface area contributed by atoms with Crippen LogP contribution in [0.3, 0.4) is 0 Å². The summed E-state index contributed by atoms with van der Waals surface area (Å²) in [7, 11) is 0. The van der Waals surface area contributed by atoms with E-state index in [0.717, 1.165) is 57.6 Å². The van der Waals surface area contributed by atoms with Crippen LogP contribution in [0.1, 0.15) is 44.1 Å². The molecule has 1 unspecified atom stereocenters. The van der Waals surface area contributed by atoms with E-state index >= 15 is 0 Å². The Hall–Kier alpha value is -1.36. The molecule has 0 spiro atoms. The fraction of sp³-hybridized carbons (Fsp3) is 0.765. The van der Waals surface area contributed by atoms with Crippen molar-refractivity contribution in [3.63, 3.8) is 0 Å². The van der Waals surface area contributed by atoms with Gasteiger partial charge in [-0.15, -0.1) is 0 Å². The van der Waals surface area contributed by atoms with Crippen molar-refractivity contribution < 1.29 is 9.90 Å². The van der Waals surface area contributed by atoms with Crippen molar-refractivity contribution in [3.8, 4) is 0 Å². The first-order chi connectivity index (χ1) is 10.6. The lowest BCUT2D eigenvalue weighted by molar-refractivity contribution is -0.139. The molecular formula is C17H27N3O2. The van der Waals surface area contributed by atoms with Crippen LogP contribution in [0.15, 0.2) is 6.20 Å². The number of aromatic nitrogens is 2. The topological polar surface area (TPSA) is 58.4 Å². The second kappa shape index (κ2) is 6.03. The molecule has 1 fully saturated rings. The Kier molecular flexibility index (Phi) is 4.26. The third-order valence-electron chi connectivity index (χ3n) is 5.86. The molecule has 0 saturated carbocycles. The summed E-state index contributed by atoms with van der Waals surface area (Å²) in [6.45, 7) is 6.90. The van der Waals surface area contributed by atoms with E-state index in [9.17, 15) is 9.90 Å². The first-order valence-corrected chi connectivity index (χ1v) is 8.49. The monoisotopic (exact) mass is 305 g/mol. The van der Waals surface area contributed by atoms with Crippen molar-refractivity contribution >= 4 is 5.91 Å². The summed E-state index contributed by atoms with van der Waals surface area (Å²) in [6, 6.07) is 0. The van der Waals surface area contributed by atoms with Crippen LogP contribution in [0.4, 0.5) is 0 Å². The lowest BCUT2D eigenvalue weighted by Gasteiger charge is -2.41. The zero-order valence-electron chi connectivity index (χ0n) is 13.7. The predicted octanol–water partition coefficient (Wildman–Crippen LogP) is 1.77. The van der Waals surface area contributed by atoms with E-state index in [4.69, 9.17) is 0 Å². The first-order valence-electron chi connectivity index (χ1n) is 8.49. The van der Waals surface area contributed by atoms with Crippen molar-refractivity contribution in [2.45, 2.75) is 52.5 Å². The number of fused-ring (bicyclic) bond motifs is 1. The van der Waals surface area contributed by atoms with Crippen molar-refractivity contribution in [1.29, 1.82) is 0 Å². The van der Waals surface area contributed by atoms with E-state index in [1.54, 1.807) is 0 Å². The minimum absolute atomic E-state index is 0.0408. The standard InChI is InChI=1S/C17H27N3O2/c1-3-17(12-21)5-8-19(9-6-17)16(22)14-4-7-20-13(2)18-11-15(20)10-14/h11,14,21H,3-10,12H2,1-2H3. The molecule has 122 valence electrons. The number of aliphatic hydroxyl groups excluding tert-OH is 1. The molecule has 1 aromatic heterocycles. The Morgan fingerprint density at radius 3 is 2.77 bits per heavy atom. The van der Waals surface area contributed by atoms with Gasteiger partial charge in [0.1, 0.15) is 5.82 Å². The Labute approximate surface area is 132 Å². The zero-order chi connectivity index (χ0) is 15.7. The molecule has 1 saturated heterocycles. The van der Waals surface area contributed by atoms with E-state index in [0.29, 0.717) is 5.91 Å². The molecule has 2 aliphatic heterocycles. The van der Waals surface area contributed by atoms with Crippen LogP contribution >= 0.6 is 0 Å². The van der Waals surface area contributed by atoms with Crippen molar-refractivity contribution in [2.24, 2.45) is 11.3 Å². The highest BCUT2D eigenvalue weighted by Gasteiger charge is 2.36. The number of aryl methyl sites for hydroxylation is 1. The van der Waals surface area contributed by atoms with Crippen LogP contribution < -0.4 is 0 Å². The molecule has 5 nitrogen and oxygen atoms in total. The Morgan fingerprint density at radius 1 is 1.41 bits per heavy atom. The van der Waals surface area contributed by atoms with E-state index in [1.165, 1.54) is 5.69 Å². The smallest absolute Gasteiger partial charge is 0.226 e. The Balaban J connectivity index is 1.62. The zero-order valence-corrected chi connectivity index (χ0v) is 13.7. The summed E-state index contributed by atoms with van der Waals surface area (Å²) in [6.07, 6.45) is 6.49. The molecular weight excluding hydrogens is 278 g/mol. The van der Waals surface area contributed by atoms with Gasteiger partial charge in [-0.25, -0.2) is 4.98 Å². The molecule has 1 atom stereocenters. The summed E-state index contributed by atoms with van der Waals surface area (Å²) in [4.78, 5) is 19.2. The number of rotatable bonds is 3. The molecule has 2 aliphatic rings. The number of hydrogen-bond donors (Lipinski definition) is 1. The highest BCUT2D eigenvalue weighted by Crippen LogP contribution is 2.35. The molecule has 5 heteroatoms. The van der Waals surface area contributed by atoms with E-state index < -0.39 is 0 Å². The van der Waals surface area contributed by atoms with Crippen LogP contribution in [0.2, 0.25) is 0 Å². The lowest BCUT2D eigenvalue weighted by atomic mass is 9.76. The largest absolute Gasteiger partial charge is 0.396 e. The quantitative estimate of drug-likeness (QED) is 0.926. The van der Waals surface area contributed by atoms with Gasteiger partial charge in [0.25, 0.3) is 0 Å². The first kappa shape index (κ1) is 15.5. The number of imidazole rings is 1. The highest BCUT2D eigenvalue weighted by molar-refractivity contribution is 5.79. The van der Waals surface area contributed by atoms with Gasteiger partial charge >= 0.3 is 0 Å². The molecule has 1 N–H and O–H groups in total. The van der Waals surface area contributed by atoms with Crippen LogP contribution in [0, 0.1) is 18.3 Å². The average Bonchev–Trinajstić information content (AvgIpc) is 2.95. The molecule has 22 heavy (non-hydrogen) atoms. The number of piperidine rings is 1. The number of aliphatic hydroxyl groups is 1. The van der Waals surface area contributed by atoms with Crippen LogP contribution in [0.25, 0.3) is 0 Å². The Morgan fingerprint density at radius 2 is 2.14 bits per heavy atom. The van der Waals surface area contributed by atoms with Crippen molar-refractivity contribution in [2.75, 3.05) is 19.7 Å². The predicted molar refractivity (Wildman–Crippen MR) is 84.4 cm³/mol. The van der Waals surface area contributed by atoms with Gasteiger partial charge in [0.2, 0.25) is 5.91 Å². The van der Waals surface area contributed by atoms with Gasteiger partial charge in [-0.1, -0.05) is 6.92 Å². The normalized spacial score (nSPS) is 24.1. The molecule has 0 bridgehead atoms. The molecule has 3 heterocycles. The van der Waals surface area contributed by atoms with Gasteiger partial charge in [-0.3, -0.25) is 4.79 Å². The minimum Gasteiger partial charge on any atom is -0.396 e. The number of carbonyl (C=O) groups is 1. The number of carbonyl (C=O) groups excluding carboxylic acids is 1. The van der Waals surface area contributed by atoms with E-state index in [2.05, 4.69) is 16.5 Å². The summed E-state index contributed by atoms with van der Waals surface area (Å²) in [5.74, 6) is 1.45. The van der Waals surface area contributed by atoms with Gasteiger partial charge in [0.05, 0.1) is 0 Å². The maximum atomic E-state index is 12.8. The number of likely N-dealkylation sites (tertiary alicyclic amines) is 1. The third-order valence-corrected chi connectivity index (χ3v) is 5.86. The average molecular weight is 305 g/mol. The summed E-state index contributed by atoms with van der Waals surface area (Å²) in [5, 5.41) is 9.61. The van der Waals surface area contributed by atoms with E-state index in [-0.39, 0.29) is 17.9 Å². The summed E-state index contributed by atoms with van der Waals surface area (Å²) in [5.41, 5.74) is 1.23. The second-order valence-corrected chi connectivity index (χ2v) is 6.98. The molecule has 0 aliphatic carbocycles. The summed E-state index contributed by atoms with van der Waals surface area (Å²) < 4.78 is 2.23. The third kappa shape index (κ3) is 2.67. The highest BCUT2D eigenvalue weighted by atomic mass is 16.3. The SMILES string of the molecule is CCC1(CO)CCN(C(=O)C2CCn3c(cnc3C)C2)CC1. The number of hydrogen-bond acceptors (Lipinski definition) is 3. The second-order valence-electron chi connectivity index (χ2n) is 6.98.